The monoisotopic (exact) mass is 329 g/mol. The molecule has 0 aliphatic heterocycles. The van der Waals surface area contributed by atoms with E-state index in [4.69, 9.17) is 0 Å². The van der Waals surface area contributed by atoms with Crippen LogP contribution in [0.5, 0.6) is 0 Å². The van der Waals surface area contributed by atoms with E-state index in [2.05, 4.69) is 0 Å². The van der Waals surface area contributed by atoms with E-state index in [1.807, 2.05) is 24.3 Å². The highest BCUT2D eigenvalue weighted by atomic mass is 19.1. The highest BCUT2D eigenvalue weighted by Crippen LogP contribution is 2.15. The summed E-state index contributed by atoms with van der Waals surface area (Å²) in [4.78, 5) is 14.1. The van der Waals surface area contributed by atoms with Gasteiger partial charge in [-0.25, -0.2) is 4.39 Å². The Bertz CT molecular complexity index is 672. The summed E-state index contributed by atoms with van der Waals surface area (Å²) >= 11 is 0. The molecule has 0 bridgehead atoms. The summed E-state index contributed by atoms with van der Waals surface area (Å²) in [6.45, 7) is 4.00. The maximum atomic E-state index is 12.9. The van der Waals surface area contributed by atoms with Crippen molar-refractivity contribution in [2.45, 2.75) is 38.8 Å². The van der Waals surface area contributed by atoms with Crippen LogP contribution < -0.4 is 0 Å². The number of aryl methyl sites for hydroxylation is 1. The van der Waals surface area contributed by atoms with Crippen molar-refractivity contribution >= 4 is 5.91 Å². The van der Waals surface area contributed by atoms with Crippen molar-refractivity contribution in [3.63, 3.8) is 0 Å². The van der Waals surface area contributed by atoms with Gasteiger partial charge >= 0.3 is 0 Å². The maximum absolute atomic E-state index is 12.9. The lowest BCUT2D eigenvalue weighted by Crippen LogP contribution is -2.26. The lowest BCUT2D eigenvalue weighted by molar-refractivity contribution is 0.0713. The Morgan fingerprint density at radius 1 is 1.04 bits per heavy atom. The summed E-state index contributed by atoms with van der Waals surface area (Å²) in [7, 11) is 1.73. The van der Waals surface area contributed by atoms with Crippen molar-refractivity contribution in [1.82, 2.24) is 4.90 Å². The molecule has 24 heavy (non-hydrogen) atoms. The van der Waals surface area contributed by atoms with Gasteiger partial charge in [0.1, 0.15) is 5.82 Å². The zero-order valence-electron chi connectivity index (χ0n) is 14.4. The molecule has 2 aromatic carbocycles. The van der Waals surface area contributed by atoms with E-state index in [0.717, 1.165) is 17.5 Å². The van der Waals surface area contributed by atoms with E-state index in [0.29, 0.717) is 18.5 Å². The van der Waals surface area contributed by atoms with Crippen LogP contribution in [-0.4, -0.2) is 28.6 Å². The molecule has 0 radical (unpaired) electrons. The molecule has 0 heterocycles. The first-order valence-electron chi connectivity index (χ1n) is 8.06. The number of nitrogens with zero attached hydrogens (tertiary/aromatic N) is 1. The summed E-state index contributed by atoms with van der Waals surface area (Å²) in [6, 6.07) is 13.6. The van der Waals surface area contributed by atoms with Crippen LogP contribution in [0, 0.1) is 5.82 Å². The Labute approximate surface area is 142 Å². The molecule has 0 aromatic heterocycles. The van der Waals surface area contributed by atoms with Crippen LogP contribution in [0.3, 0.4) is 0 Å². The number of carbonyl (C=O) groups excluding carboxylic acids is 1. The second-order valence-corrected chi connectivity index (χ2v) is 6.80. The number of aliphatic hydroxyl groups is 1. The van der Waals surface area contributed by atoms with Crippen LogP contribution in [0.1, 0.15) is 41.8 Å². The largest absolute Gasteiger partial charge is 0.390 e. The molecule has 0 unspecified atom stereocenters. The Balaban J connectivity index is 1.97. The quantitative estimate of drug-likeness (QED) is 0.876. The fraction of sp³-hybridized carbons (Fsp3) is 0.350. The molecule has 2 rings (SSSR count). The summed E-state index contributed by atoms with van der Waals surface area (Å²) in [6.07, 6.45) is 1.44. The molecule has 128 valence electrons. The number of amides is 1. The molecule has 1 amide bonds. The Hall–Kier alpha value is -2.20. The lowest BCUT2D eigenvalue weighted by atomic mass is 9.98. The van der Waals surface area contributed by atoms with Crippen LogP contribution >= 0.6 is 0 Å². The first-order valence-corrected chi connectivity index (χ1v) is 8.06. The number of hydrogen-bond acceptors (Lipinski definition) is 2. The zero-order valence-corrected chi connectivity index (χ0v) is 14.4. The Kier molecular flexibility index (Phi) is 5.73. The average Bonchev–Trinajstić information content (AvgIpc) is 2.54. The molecular formula is C20H24FNO2. The zero-order chi connectivity index (χ0) is 17.7. The standard InChI is InChI=1S/C20H24FNO2/c1-20(2,24)13-12-15-4-8-17(9-5-15)19(23)22(3)14-16-6-10-18(21)11-7-16/h4-11,24H,12-14H2,1-3H3. The highest BCUT2D eigenvalue weighted by Gasteiger charge is 2.14. The number of rotatable bonds is 6. The van der Waals surface area contributed by atoms with Gasteiger partial charge in [-0.05, 0) is 62.1 Å². The molecule has 0 saturated heterocycles. The number of halogens is 1. The lowest BCUT2D eigenvalue weighted by Gasteiger charge is -2.18. The van der Waals surface area contributed by atoms with Crippen LogP contribution in [-0.2, 0) is 13.0 Å². The Morgan fingerprint density at radius 2 is 1.58 bits per heavy atom. The van der Waals surface area contributed by atoms with Crippen molar-refractivity contribution in [2.75, 3.05) is 7.05 Å². The number of hydrogen-bond donors (Lipinski definition) is 1. The van der Waals surface area contributed by atoms with E-state index >= 15 is 0 Å². The first-order chi connectivity index (χ1) is 11.2. The molecule has 4 heteroatoms. The minimum atomic E-state index is -0.691. The van der Waals surface area contributed by atoms with Crippen LogP contribution in [0.2, 0.25) is 0 Å². The summed E-state index contributed by atoms with van der Waals surface area (Å²) in [5.41, 5.74) is 1.90. The van der Waals surface area contributed by atoms with Gasteiger partial charge in [-0.1, -0.05) is 24.3 Å². The van der Waals surface area contributed by atoms with Gasteiger partial charge in [0.15, 0.2) is 0 Å². The van der Waals surface area contributed by atoms with E-state index in [9.17, 15) is 14.3 Å². The van der Waals surface area contributed by atoms with Gasteiger partial charge in [0, 0.05) is 19.2 Å². The molecule has 1 N–H and O–H groups in total. The third-order valence-electron chi connectivity index (χ3n) is 3.91. The van der Waals surface area contributed by atoms with Gasteiger partial charge in [0.2, 0.25) is 0 Å². The van der Waals surface area contributed by atoms with E-state index < -0.39 is 5.60 Å². The van der Waals surface area contributed by atoms with Gasteiger partial charge in [-0.2, -0.15) is 0 Å². The van der Waals surface area contributed by atoms with Gasteiger partial charge in [-0.3, -0.25) is 4.79 Å². The van der Waals surface area contributed by atoms with Gasteiger partial charge in [-0.15, -0.1) is 0 Å². The smallest absolute Gasteiger partial charge is 0.253 e. The molecule has 0 spiro atoms. The summed E-state index contributed by atoms with van der Waals surface area (Å²) < 4.78 is 12.9. The molecule has 2 aromatic rings. The van der Waals surface area contributed by atoms with E-state index in [-0.39, 0.29) is 11.7 Å². The SMILES string of the molecule is CN(Cc1ccc(F)cc1)C(=O)c1ccc(CCC(C)(C)O)cc1. The van der Waals surface area contributed by atoms with Crippen LogP contribution in [0.15, 0.2) is 48.5 Å². The second-order valence-electron chi connectivity index (χ2n) is 6.80. The van der Waals surface area contributed by atoms with Crippen molar-refractivity contribution in [2.24, 2.45) is 0 Å². The molecule has 0 atom stereocenters. The molecule has 3 nitrogen and oxygen atoms in total. The van der Waals surface area contributed by atoms with Crippen LogP contribution in [0.4, 0.5) is 4.39 Å². The van der Waals surface area contributed by atoms with Gasteiger partial charge < -0.3 is 10.0 Å². The highest BCUT2D eigenvalue weighted by molar-refractivity contribution is 5.94. The number of carbonyl (C=O) groups is 1. The van der Waals surface area contributed by atoms with Crippen molar-refractivity contribution < 1.29 is 14.3 Å². The van der Waals surface area contributed by atoms with Crippen LogP contribution in [0.25, 0.3) is 0 Å². The third-order valence-corrected chi connectivity index (χ3v) is 3.91. The molecule has 0 fully saturated rings. The fourth-order valence-electron chi connectivity index (χ4n) is 2.42. The third kappa shape index (κ3) is 5.46. The van der Waals surface area contributed by atoms with Crippen molar-refractivity contribution in [3.05, 3.63) is 71.0 Å². The second kappa shape index (κ2) is 7.58. The van der Waals surface area contributed by atoms with Crippen molar-refractivity contribution in [1.29, 1.82) is 0 Å². The topological polar surface area (TPSA) is 40.5 Å². The maximum Gasteiger partial charge on any atom is 0.253 e. The van der Waals surface area contributed by atoms with E-state index in [1.54, 1.807) is 37.9 Å². The molecule has 0 aliphatic rings. The summed E-state index contributed by atoms with van der Waals surface area (Å²) in [5, 5.41) is 9.77. The van der Waals surface area contributed by atoms with E-state index in [1.165, 1.54) is 12.1 Å². The van der Waals surface area contributed by atoms with Gasteiger partial charge in [0.25, 0.3) is 5.91 Å². The van der Waals surface area contributed by atoms with Gasteiger partial charge in [0.05, 0.1) is 5.60 Å². The predicted octanol–water partition coefficient (Wildman–Crippen LogP) is 3.80. The first kappa shape index (κ1) is 18.1. The minimum Gasteiger partial charge on any atom is -0.390 e. The molecule has 0 aliphatic carbocycles. The number of benzene rings is 2. The fourth-order valence-corrected chi connectivity index (χ4v) is 2.42. The van der Waals surface area contributed by atoms with Crippen molar-refractivity contribution in [3.8, 4) is 0 Å². The Morgan fingerprint density at radius 3 is 2.12 bits per heavy atom. The summed E-state index contributed by atoms with van der Waals surface area (Å²) in [5.74, 6) is -0.359. The minimum absolute atomic E-state index is 0.0756. The average molecular weight is 329 g/mol. The molecule has 0 saturated carbocycles. The predicted molar refractivity (Wildman–Crippen MR) is 93.3 cm³/mol. The molecular weight excluding hydrogens is 305 g/mol. The normalized spacial score (nSPS) is 11.4.